The molecule has 264 valence electrons. The van der Waals surface area contributed by atoms with E-state index in [0.29, 0.717) is 30.7 Å². The monoisotopic (exact) mass is 710 g/mol. The van der Waals surface area contributed by atoms with E-state index >= 15 is 0 Å². The lowest BCUT2D eigenvalue weighted by Crippen LogP contribution is -2.49. The van der Waals surface area contributed by atoms with E-state index in [4.69, 9.17) is 25.8 Å². The third-order valence-corrected chi connectivity index (χ3v) is 13.2. The van der Waals surface area contributed by atoms with Gasteiger partial charge in [0.2, 0.25) is 0 Å². The minimum Gasteiger partial charge on any atom is -0.490 e. The summed E-state index contributed by atoms with van der Waals surface area (Å²) in [5, 5.41) is 3.62. The zero-order chi connectivity index (χ0) is 34.4. The molecule has 2 aromatic rings. The number of fused-ring (bicyclic) bond motifs is 4. The number of carbonyl (C=O) groups is 2. The maximum atomic E-state index is 14.9. The molecule has 5 atom stereocenters. The summed E-state index contributed by atoms with van der Waals surface area (Å²) < 4.78 is 40.4. The van der Waals surface area contributed by atoms with E-state index < -0.39 is 27.5 Å². The fourth-order valence-electron chi connectivity index (χ4n) is 7.96. The Labute approximate surface area is 294 Å². The molecule has 2 saturated carbocycles. The predicted octanol–water partition coefficient (Wildman–Crippen LogP) is 6.34. The quantitative estimate of drug-likeness (QED) is 0.357. The van der Waals surface area contributed by atoms with Gasteiger partial charge in [-0.05, 0) is 119 Å². The lowest BCUT2D eigenvalue weighted by atomic mass is 9.68. The van der Waals surface area contributed by atoms with E-state index in [9.17, 15) is 13.8 Å². The van der Waals surface area contributed by atoms with Gasteiger partial charge >= 0.3 is 6.03 Å². The molecule has 7 rings (SSSR count). The van der Waals surface area contributed by atoms with Crippen molar-refractivity contribution in [3.8, 4) is 5.75 Å². The topological polar surface area (TPSA) is 119 Å². The molecule has 2 aromatic carbocycles. The molecule has 12 heteroatoms. The van der Waals surface area contributed by atoms with Crippen molar-refractivity contribution in [2.75, 3.05) is 38.3 Å². The standard InChI is InChI=1S/C37H47ClN4O6S/c1-36(2)34(43)40-49(45,41-35(44)39-27-8-4-9-27)28-13-16-33-31(20-28)42(21-25-11-14-29(25)32(46-3)10-6-18-48-36)22-37(23-47-33)17-5-7-24-19-26(38)12-15-30(24)37/h6,10,12-13,15-16,19-20,25,27,29,32H,4-5,7-9,11,14,17-18,21-23H2,1-3H3,(H2,39,40,41,43,44,45)/t25-,29+,32-,37-,49-/m0/s1. The van der Waals surface area contributed by atoms with Crippen LogP contribution in [0.5, 0.6) is 5.75 Å². The molecule has 49 heavy (non-hydrogen) atoms. The van der Waals surface area contributed by atoms with Crippen molar-refractivity contribution in [2.45, 2.75) is 93.3 Å². The summed E-state index contributed by atoms with van der Waals surface area (Å²) in [5.74, 6) is 0.562. The van der Waals surface area contributed by atoms with Crippen LogP contribution in [0.15, 0.2) is 57.8 Å². The van der Waals surface area contributed by atoms with Crippen LogP contribution in [0.2, 0.25) is 5.02 Å². The molecule has 10 nitrogen and oxygen atoms in total. The van der Waals surface area contributed by atoms with E-state index in [2.05, 4.69) is 31.4 Å². The first kappa shape index (κ1) is 34.3. The van der Waals surface area contributed by atoms with Gasteiger partial charge in [0.15, 0.2) is 9.92 Å². The van der Waals surface area contributed by atoms with E-state index in [1.807, 2.05) is 18.2 Å². The number of aryl methyl sites for hydroxylation is 1. The molecule has 2 bridgehead atoms. The Morgan fingerprint density at radius 2 is 1.96 bits per heavy atom. The fourth-order valence-corrected chi connectivity index (χ4v) is 9.71. The van der Waals surface area contributed by atoms with Gasteiger partial charge < -0.3 is 24.4 Å². The minimum absolute atomic E-state index is 0.00295. The predicted molar refractivity (Wildman–Crippen MR) is 190 cm³/mol. The highest BCUT2D eigenvalue weighted by Crippen LogP contribution is 2.47. The smallest absolute Gasteiger partial charge is 0.327 e. The summed E-state index contributed by atoms with van der Waals surface area (Å²) in [7, 11) is -2.05. The Morgan fingerprint density at radius 3 is 2.69 bits per heavy atom. The molecule has 1 spiro atoms. The number of hydrogen-bond acceptors (Lipinski definition) is 7. The molecule has 2 heterocycles. The molecule has 3 amide bonds. The molecular formula is C37H47ClN4O6S. The Morgan fingerprint density at radius 1 is 1.12 bits per heavy atom. The van der Waals surface area contributed by atoms with Gasteiger partial charge in [-0.2, -0.15) is 0 Å². The molecule has 0 saturated heterocycles. The average Bonchev–Trinajstić information content (AvgIpc) is 3.18. The normalized spacial score (nSPS) is 31.1. The molecule has 0 radical (unpaired) electrons. The lowest BCUT2D eigenvalue weighted by Gasteiger charge is -2.46. The van der Waals surface area contributed by atoms with Gasteiger partial charge in [-0.1, -0.05) is 29.8 Å². The summed E-state index contributed by atoms with van der Waals surface area (Å²) in [5.41, 5.74) is 1.59. The Kier molecular flexibility index (Phi) is 9.49. The number of hydrogen-bond donors (Lipinski definition) is 2. The SMILES string of the molecule is CO[C@H]1C=CCOC(C)(C)C(=O)N=[S@](=O)(NC(=O)NC2CCC2)c2ccc3c(c2)N(C[C@@H]2CC[C@H]21)C[C@@]1(CCCc2cc(Cl)ccc21)CO3. The number of carbonyl (C=O) groups excluding carboxylic acids is 2. The highest BCUT2D eigenvalue weighted by atomic mass is 35.5. The molecule has 0 unspecified atom stereocenters. The number of nitrogens with one attached hydrogen (secondary N) is 2. The molecule has 3 aliphatic carbocycles. The first-order valence-corrected chi connectivity index (χ1v) is 19.4. The molecular weight excluding hydrogens is 664 g/mol. The average molecular weight is 711 g/mol. The van der Waals surface area contributed by atoms with E-state index in [0.717, 1.165) is 68.6 Å². The molecule has 5 aliphatic rings. The van der Waals surface area contributed by atoms with Crippen LogP contribution in [0.1, 0.15) is 69.9 Å². The Bertz CT molecular complexity index is 1770. The fraction of sp³-hybridized carbons (Fsp3) is 0.568. The molecule has 2 N–H and O–H groups in total. The molecule has 2 aliphatic heterocycles. The van der Waals surface area contributed by atoms with E-state index in [-0.39, 0.29) is 29.1 Å². The van der Waals surface area contributed by atoms with Crippen molar-refractivity contribution >= 4 is 39.1 Å². The van der Waals surface area contributed by atoms with Gasteiger partial charge in [0, 0.05) is 36.7 Å². The zero-order valence-corrected chi connectivity index (χ0v) is 30.1. The summed E-state index contributed by atoms with van der Waals surface area (Å²) >= 11 is 6.46. The summed E-state index contributed by atoms with van der Waals surface area (Å²) in [6.45, 7) is 5.24. The highest BCUT2D eigenvalue weighted by Gasteiger charge is 2.45. The third kappa shape index (κ3) is 6.83. The summed E-state index contributed by atoms with van der Waals surface area (Å²) in [6, 6.07) is 10.8. The van der Waals surface area contributed by atoms with Crippen LogP contribution in [0.4, 0.5) is 10.5 Å². The largest absolute Gasteiger partial charge is 0.490 e. The Hall–Kier alpha value is -3.12. The number of halogens is 1. The number of nitrogens with zero attached hydrogens (tertiary/aromatic N) is 2. The molecule has 2 fully saturated rings. The number of rotatable bonds is 3. The summed E-state index contributed by atoms with van der Waals surface area (Å²) in [4.78, 5) is 29.5. The van der Waals surface area contributed by atoms with Gasteiger partial charge in [-0.25, -0.2) is 13.7 Å². The lowest BCUT2D eigenvalue weighted by molar-refractivity contribution is -0.137. The third-order valence-electron chi connectivity index (χ3n) is 11.2. The summed E-state index contributed by atoms with van der Waals surface area (Å²) in [6.07, 6.45) is 11.6. The van der Waals surface area contributed by atoms with E-state index in [1.165, 1.54) is 11.1 Å². The number of ether oxygens (including phenoxy) is 3. The molecule has 0 aromatic heterocycles. The van der Waals surface area contributed by atoms with Crippen LogP contribution in [0, 0.1) is 11.8 Å². The second-order valence-corrected chi connectivity index (χ2v) is 17.2. The van der Waals surface area contributed by atoms with E-state index in [1.54, 1.807) is 39.2 Å². The van der Waals surface area contributed by atoms with Crippen molar-refractivity contribution in [1.29, 1.82) is 0 Å². The van der Waals surface area contributed by atoms with Crippen LogP contribution < -0.4 is 19.7 Å². The first-order valence-electron chi connectivity index (χ1n) is 17.5. The number of anilines is 1. The second-order valence-electron chi connectivity index (χ2n) is 14.8. The van der Waals surface area contributed by atoms with Gasteiger partial charge in [0.05, 0.1) is 29.9 Å². The second kappa shape index (κ2) is 13.5. The van der Waals surface area contributed by atoms with Gasteiger partial charge in [-0.3, -0.25) is 4.79 Å². The number of benzene rings is 2. The maximum Gasteiger partial charge on any atom is 0.327 e. The van der Waals surface area contributed by atoms with Crippen LogP contribution in [0.25, 0.3) is 0 Å². The number of amides is 3. The first-order chi connectivity index (χ1) is 23.5. The highest BCUT2D eigenvalue weighted by molar-refractivity contribution is 7.92. The van der Waals surface area contributed by atoms with Crippen LogP contribution in [-0.4, -0.2) is 67.3 Å². The van der Waals surface area contributed by atoms with Gasteiger partial charge in [0.1, 0.15) is 11.4 Å². The van der Waals surface area contributed by atoms with Crippen molar-refractivity contribution in [3.63, 3.8) is 0 Å². The Balaban J connectivity index is 1.35. The van der Waals surface area contributed by atoms with Crippen molar-refractivity contribution in [3.05, 3.63) is 64.7 Å². The maximum absolute atomic E-state index is 14.9. The van der Waals surface area contributed by atoms with Crippen LogP contribution >= 0.6 is 11.6 Å². The van der Waals surface area contributed by atoms with Crippen LogP contribution in [0.3, 0.4) is 0 Å². The van der Waals surface area contributed by atoms with Crippen molar-refractivity contribution < 1.29 is 28.0 Å². The zero-order valence-electron chi connectivity index (χ0n) is 28.5. The van der Waals surface area contributed by atoms with Crippen molar-refractivity contribution in [2.24, 2.45) is 16.2 Å². The van der Waals surface area contributed by atoms with Crippen LogP contribution in [-0.2, 0) is 36.0 Å². The minimum atomic E-state index is -3.79. The number of urea groups is 1. The van der Waals surface area contributed by atoms with Gasteiger partial charge in [-0.15, -0.1) is 4.36 Å². The van der Waals surface area contributed by atoms with Gasteiger partial charge in [0.25, 0.3) is 5.91 Å². The van der Waals surface area contributed by atoms with Crippen molar-refractivity contribution in [1.82, 2.24) is 10.0 Å². The number of methoxy groups -OCH3 is 1.